The van der Waals surface area contributed by atoms with Gasteiger partial charge in [0.05, 0.1) is 0 Å². The Bertz CT molecular complexity index is 1410. The highest BCUT2D eigenvalue weighted by atomic mass is 16.6. The molecule has 0 aromatic rings. The quantitative estimate of drug-likeness (QED) is 0.0261. The maximum atomic E-state index is 12.8. The first kappa shape index (κ1) is 67.3. The van der Waals surface area contributed by atoms with Gasteiger partial charge in [-0.2, -0.15) is 0 Å². The van der Waals surface area contributed by atoms with Gasteiger partial charge in [-0.1, -0.05) is 272 Å². The Morgan fingerprint density at radius 2 is 0.577 bits per heavy atom. The SMILES string of the molecule is CC/C=C\C/C=C\C/C=C\C/C=C\CCCCCCC(=O)OC(COC(=O)CC/C=C\C/C=C\C/C=C\C/C=C\CC)COC(=O)CCCCCCCCCCCCCCCCCCCCCCCCC. The molecule has 0 saturated heterocycles. The molecule has 1 atom stereocenters. The number of allylic oxidation sites excluding steroid dienone is 16. The van der Waals surface area contributed by atoms with Crippen LogP contribution in [-0.2, 0) is 28.6 Å². The van der Waals surface area contributed by atoms with E-state index < -0.39 is 6.10 Å². The van der Waals surface area contributed by atoms with E-state index in [0.29, 0.717) is 12.8 Å². The van der Waals surface area contributed by atoms with E-state index in [1.165, 1.54) is 128 Å². The molecule has 0 saturated carbocycles. The zero-order valence-corrected chi connectivity index (χ0v) is 46.5. The van der Waals surface area contributed by atoms with Crippen molar-refractivity contribution in [2.24, 2.45) is 0 Å². The van der Waals surface area contributed by atoms with Crippen LogP contribution in [0.25, 0.3) is 0 Å². The maximum absolute atomic E-state index is 12.8. The van der Waals surface area contributed by atoms with Gasteiger partial charge in [0.2, 0.25) is 0 Å². The molecule has 0 spiro atoms. The fourth-order valence-corrected chi connectivity index (χ4v) is 8.21. The van der Waals surface area contributed by atoms with Crippen molar-refractivity contribution in [1.29, 1.82) is 0 Å². The van der Waals surface area contributed by atoms with Gasteiger partial charge < -0.3 is 14.2 Å². The van der Waals surface area contributed by atoms with Crippen molar-refractivity contribution < 1.29 is 28.6 Å². The molecule has 0 heterocycles. The molecule has 1 unspecified atom stereocenters. The Hall–Kier alpha value is -3.67. The van der Waals surface area contributed by atoms with Gasteiger partial charge in [-0.25, -0.2) is 0 Å². The normalized spacial score (nSPS) is 12.8. The smallest absolute Gasteiger partial charge is 0.306 e. The largest absolute Gasteiger partial charge is 0.462 e. The Morgan fingerprint density at radius 3 is 0.944 bits per heavy atom. The van der Waals surface area contributed by atoms with E-state index in [9.17, 15) is 14.4 Å². The topological polar surface area (TPSA) is 78.9 Å². The molecule has 0 aliphatic carbocycles. The maximum Gasteiger partial charge on any atom is 0.306 e. The van der Waals surface area contributed by atoms with Gasteiger partial charge in [0.1, 0.15) is 13.2 Å². The Balaban J connectivity index is 4.38. The predicted molar refractivity (Wildman–Crippen MR) is 307 cm³/mol. The number of esters is 3. The zero-order valence-electron chi connectivity index (χ0n) is 46.5. The fourth-order valence-electron chi connectivity index (χ4n) is 8.21. The van der Waals surface area contributed by atoms with Gasteiger partial charge in [-0.15, -0.1) is 0 Å². The van der Waals surface area contributed by atoms with Crippen LogP contribution in [0.4, 0.5) is 0 Å². The van der Waals surface area contributed by atoms with Crippen LogP contribution < -0.4 is 0 Å². The summed E-state index contributed by atoms with van der Waals surface area (Å²) < 4.78 is 16.8. The first-order valence-electron chi connectivity index (χ1n) is 29.7. The van der Waals surface area contributed by atoms with Crippen molar-refractivity contribution >= 4 is 17.9 Å². The number of ether oxygens (including phenoxy) is 3. The standard InChI is InChI=1S/C65H110O6/c1-4-7-10-13-16-19-22-25-27-29-30-31-32-33-34-36-37-40-43-46-49-52-55-58-64(67)70-61-62(60-69-63(66)57-54-51-48-45-42-39-24-21-18-15-12-9-6-3)71-65(68)59-56-53-50-47-44-41-38-35-28-26-23-20-17-14-11-8-5-2/h8-9,11-12,17-18,20-21,26,28,38-39,41-42,48,51,62H,4-7,10,13-16,19,22-25,27,29-37,40,43-47,49-50,52-61H2,1-3H3/b11-8-,12-9-,20-17-,21-18-,28-26-,41-38-,42-39-,51-48-. The molecule has 71 heavy (non-hydrogen) atoms. The third-order valence-electron chi connectivity index (χ3n) is 12.6. The van der Waals surface area contributed by atoms with Gasteiger partial charge in [0.15, 0.2) is 6.10 Å². The van der Waals surface area contributed by atoms with Crippen molar-refractivity contribution in [3.8, 4) is 0 Å². The summed E-state index contributed by atoms with van der Waals surface area (Å²) in [5.41, 5.74) is 0. The van der Waals surface area contributed by atoms with Gasteiger partial charge in [0, 0.05) is 19.3 Å². The fraction of sp³-hybridized carbons (Fsp3) is 0.708. The summed E-state index contributed by atoms with van der Waals surface area (Å²) in [6, 6.07) is 0. The van der Waals surface area contributed by atoms with Crippen LogP contribution in [0.5, 0.6) is 0 Å². The van der Waals surface area contributed by atoms with Crippen LogP contribution in [0.2, 0.25) is 0 Å². The van der Waals surface area contributed by atoms with Crippen molar-refractivity contribution in [2.45, 2.75) is 284 Å². The summed E-state index contributed by atoms with van der Waals surface area (Å²) >= 11 is 0. The lowest BCUT2D eigenvalue weighted by Crippen LogP contribution is -2.30. The second-order valence-corrected chi connectivity index (χ2v) is 19.5. The highest BCUT2D eigenvalue weighted by Gasteiger charge is 2.19. The lowest BCUT2D eigenvalue weighted by Gasteiger charge is -2.18. The molecule has 6 nitrogen and oxygen atoms in total. The lowest BCUT2D eigenvalue weighted by atomic mass is 10.0. The van der Waals surface area contributed by atoms with E-state index in [4.69, 9.17) is 14.2 Å². The third-order valence-corrected chi connectivity index (χ3v) is 12.6. The zero-order chi connectivity index (χ0) is 51.4. The number of carbonyl (C=O) groups excluding carboxylic acids is 3. The van der Waals surface area contributed by atoms with Crippen molar-refractivity contribution in [2.75, 3.05) is 13.2 Å². The molecule has 0 aliphatic rings. The molecule has 0 radical (unpaired) electrons. The lowest BCUT2D eigenvalue weighted by molar-refractivity contribution is -0.166. The van der Waals surface area contributed by atoms with E-state index in [1.807, 2.05) is 6.08 Å². The molecule has 0 aliphatic heterocycles. The molecule has 0 bridgehead atoms. The Labute approximate surface area is 438 Å². The molecule has 0 N–H and O–H groups in total. The van der Waals surface area contributed by atoms with Crippen LogP contribution in [0.3, 0.4) is 0 Å². The summed E-state index contributed by atoms with van der Waals surface area (Å²) in [7, 11) is 0. The Kier molecular flexibility index (Phi) is 55.9. The van der Waals surface area contributed by atoms with Gasteiger partial charge in [-0.05, 0) is 83.5 Å². The minimum Gasteiger partial charge on any atom is -0.462 e. The molecule has 6 heteroatoms. The van der Waals surface area contributed by atoms with Crippen LogP contribution in [0, 0.1) is 0 Å². The van der Waals surface area contributed by atoms with Crippen LogP contribution in [-0.4, -0.2) is 37.2 Å². The first-order chi connectivity index (χ1) is 35.0. The van der Waals surface area contributed by atoms with Crippen molar-refractivity contribution in [3.63, 3.8) is 0 Å². The van der Waals surface area contributed by atoms with E-state index in [0.717, 1.165) is 103 Å². The molecule has 0 aromatic carbocycles. The number of hydrogen-bond acceptors (Lipinski definition) is 6. The number of carbonyl (C=O) groups is 3. The first-order valence-corrected chi connectivity index (χ1v) is 29.7. The summed E-state index contributed by atoms with van der Waals surface area (Å²) in [4.78, 5) is 38.1. The second kappa shape index (κ2) is 58.9. The molecule has 0 aromatic heterocycles. The molecule has 0 amide bonds. The highest BCUT2D eigenvalue weighted by Crippen LogP contribution is 2.16. The van der Waals surface area contributed by atoms with Gasteiger partial charge in [-0.3, -0.25) is 14.4 Å². The van der Waals surface area contributed by atoms with Crippen LogP contribution in [0.15, 0.2) is 97.2 Å². The number of hydrogen-bond donors (Lipinski definition) is 0. The molecular weight excluding hydrogens is 877 g/mol. The molecule has 0 fully saturated rings. The van der Waals surface area contributed by atoms with Gasteiger partial charge >= 0.3 is 17.9 Å². The van der Waals surface area contributed by atoms with Crippen LogP contribution >= 0.6 is 0 Å². The van der Waals surface area contributed by atoms with E-state index >= 15 is 0 Å². The molecule has 0 rings (SSSR count). The Morgan fingerprint density at radius 1 is 0.296 bits per heavy atom. The summed E-state index contributed by atoms with van der Waals surface area (Å²) in [5, 5.41) is 0. The molecular formula is C65H110O6. The van der Waals surface area contributed by atoms with E-state index in [1.54, 1.807) is 0 Å². The minimum absolute atomic E-state index is 0.108. The summed E-state index contributed by atoms with van der Waals surface area (Å²) in [5.74, 6) is -1.01. The van der Waals surface area contributed by atoms with Crippen molar-refractivity contribution in [3.05, 3.63) is 97.2 Å². The van der Waals surface area contributed by atoms with Gasteiger partial charge in [0.25, 0.3) is 0 Å². The minimum atomic E-state index is -0.819. The average Bonchev–Trinajstić information content (AvgIpc) is 3.37. The summed E-state index contributed by atoms with van der Waals surface area (Å²) in [6.07, 6.45) is 78.6. The monoisotopic (exact) mass is 987 g/mol. The van der Waals surface area contributed by atoms with E-state index in [-0.39, 0.29) is 44.0 Å². The second-order valence-electron chi connectivity index (χ2n) is 19.5. The van der Waals surface area contributed by atoms with E-state index in [2.05, 4.69) is 112 Å². The summed E-state index contributed by atoms with van der Waals surface area (Å²) in [6.45, 7) is 6.35. The average molecular weight is 988 g/mol. The van der Waals surface area contributed by atoms with Crippen molar-refractivity contribution in [1.82, 2.24) is 0 Å². The highest BCUT2D eigenvalue weighted by molar-refractivity contribution is 5.71. The predicted octanol–water partition coefficient (Wildman–Crippen LogP) is 20.1. The van der Waals surface area contributed by atoms with Crippen LogP contribution in [0.1, 0.15) is 278 Å². The third kappa shape index (κ3) is 57.1. The number of unbranched alkanes of at least 4 members (excludes halogenated alkanes) is 26. The number of rotatable bonds is 53. The molecule has 406 valence electrons.